The van der Waals surface area contributed by atoms with Crippen LogP contribution in [0.1, 0.15) is 18.4 Å². The number of carbonyl (C=O) groups is 1. The van der Waals surface area contributed by atoms with E-state index in [1.807, 2.05) is 30.3 Å². The van der Waals surface area contributed by atoms with Crippen LogP contribution in [0.3, 0.4) is 0 Å². The van der Waals surface area contributed by atoms with Gasteiger partial charge in [-0.1, -0.05) is 41.7 Å². The van der Waals surface area contributed by atoms with Gasteiger partial charge in [-0.2, -0.15) is 0 Å². The Labute approximate surface area is 163 Å². The molecular formula is C21H25FN3OS+. The zero-order valence-electron chi connectivity index (χ0n) is 15.7. The van der Waals surface area contributed by atoms with Crippen LogP contribution in [0.5, 0.6) is 0 Å². The first kappa shape index (κ1) is 19.5. The van der Waals surface area contributed by atoms with Gasteiger partial charge in [-0.15, -0.1) is 0 Å². The molecule has 0 bridgehead atoms. The molecule has 6 heteroatoms. The normalized spacial score (nSPS) is 11.3. The fraction of sp³-hybridized carbons (Fsp3) is 0.333. The fourth-order valence-electron chi connectivity index (χ4n) is 2.95. The van der Waals surface area contributed by atoms with Crippen molar-refractivity contribution < 1.29 is 14.1 Å². The third-order valence-electron chi connectivity index (χ3n) is 4.40. The number of nitrogens with one attached hydrogen (secondary N) is 1. The standard InChI is InChI=1S/C21H24FN3OS/c1-24(2)13-6-14-25(20(26)12-9-16-7-4-3-5-8-16)21-23-18-11-10-17(22)15-19(18)27-21/h3-5,7-8,10-11,15H,6,9,12-14H2,1-2H3/p+1. The number of thiazole rings is 1. The Bertz CT molecular complexity index is 895. The van der Waals surface area contributed by atoms with Crippen LogP contribution in [0.2, 0.25) is 0 Å². The molecule has 0 fully saturated rings. The van der Waals surface area contributed by atoms with Crippen LogP contribution in [-0.2, 0) is 11.2 Å². The van der Waals surface area contributed by atoms with E-state index in [1.165, 1.54) is 28.4 Å². The molecule has 0 radical (unpaired) electrons. The minimum atomic E-state index is -0.282. The van der Waals surface area contributed by atoms with E-state index >= 15 is 0 Å². The van der Waals surface area contributed by atoms with E-state index in [1.54, 1.807) is 11.0 Å². The molecule has 0 saturated heterocycles. The van der Waals surface area contributed by atoms with Crippen molar-refractivity contribution in [3.8, 4) is 0 Å². The van der Waals surface area contributed by atoms with Crippen molar-refractivity contribution in [2.75, 3.05) is 32.1 Å². The highest BCUT2D eigenvalue weighted by atomic mass is 32.1. The molecule has 1 N–H and O–H groups in total. The lowest BCUT2D eigenvalue weighted by atomic mass is 10.1. The van der Waals surface area contributed by atoms with E-state index in [0.29, 0.717) is 24.5 Å². The van der Waals surface area contributed by atoms with Crippen LogP contribution in [0, 0.1) is 5.82 Å². The second-order valence-corrected chi connectivity index (χ2v) is 7.96. The number of nitrogens with zero attached hydrogens (tertiary/aromatic N) is 2. The van der Waals surface area contributed by atoms with E-state index in [4.69, 9.17) is 0 Å². The number of carbonyl (C=O) groups excluding carboxylic acids is 1. The Kier molecular flexibility index (Phi) is 6.53. The number of anilines is 1. The molecule has 0 spiro atoms. The summed E-state index contributed by atoms with van der Waals surface area (Å²) in [4.78, 5) is 20.6. The lowest BCUT2D eigenvalue weighted by molar-refractivity contribution is -0.858. The van der Waals surface area contributed by atoms with Crippen molar-refractivity contribution >= 4 is 32.6 Å². The molecule has 3 aromatic rings. The molecule has 3 rings (SSSR count). The maximum Gasteiger partial charge on any atom is 0.229 e. The van der Waals surface area contributed by atoms with Crippen molar-refractivity contribution in [2.24, 2.45) is 0 Å². The number of fused-ring (bicyclic) bond motifs is 1. The quantitative estimate of drug-likeness (QED) is 0.646. The van der Waals surface area contributed by atoms with E-state index in [2.05, 4.69) is 19.1 Å². The molecule has 2 aromatic carbocycles. The minimum Gasteiger partial charge on any atom is -0.340 e. The minimum absolute atomic E-state index is 0.0622. The van der Waals surface area contributed by atoms with Crippen LogP contribution in [-0.4, -0.2) is 38.1 Å². The molecule has 0 aliphatic rings. The first-order chi connectivity index (χ1) is 13.0. The lowest BCUT2D eigenvalue weighted by Gasteiger charge is -2.20. The third-order valence-corrected chi connectivity index (χ3v) is 5.44. The zero-order chi connectivity index (χ0) is 19.2. The summed E-state index contributed by atoms with van der Waals surface area (Å²) in [5, 5.41) is 0.655. The molecule has 0 aliphatic heterocycles. The Morgan fingerprint density at radius 1 is 1.19 bits per heavy atom. The van der Waals surface area contributed by atoms with Gasteiger partial charge in [0.15, 0.2) is 5.13 Å². The van der Waals surface area contributed by atoms with Crippen molar-refractivity contribution in [2.45, 2.75) is 19.3 Å². The van der Waals surface area contributed by atoms with E-state index in [9.17, 15) is 9.18 Å². The molecule has 142 valence electrons. The van der Waals surface area contributed by atoms with Gasteiger partial charge >= 0.3 is 0 Å². The van der Waals surface area contributed by atoms with Crippen molar-refractivity contribution in [1.29, 1.82) is 0 Å². The van der Waals surface area contributed by atoms with E-state index < -0.39 is 0 Å². The summed E-state index contributed by atoms with van der Waals surface area (Å²) in [6.07, 6.45) is 2.03. The third kappa shape index (κ3) is 5.34. The monoisotopic (exact) mass is 386 g/mol. The summed E-state index contributed by atoms with van der Waals surface area (Å²) in [7, 11) is 4.20. The highest BCUT2D eigenvalue weighted by molar-refractivity contribution is 7.22. The largest absolute Gasteiger partial charge is 0.340 e. The van der Waals surface area contributed by atoms with Crippen LogP contribution < -0.4 is 9.80 Å². The van der Waals surface area contributed by atoms with Gasteiger partial charge in [-0.05, 0) is 30.2 Å². The summed E-state index contributed by atoms with van der Waals surface area (Å²) in [6, 6.07) is 14.6. The number of aromatic nitrogens is 1. The van der Waals surface area contributed by atoms with E-state index in [0.717, 1.165) is 28.7 Å². The van der Waals surface area contributed by atoms with Gasteiger partial charge in [-0.3, -0.25) is 9.69 Å². The number of quaternary nitrogens is 1. The highest BCUT2D eigenvalue weighted by Gasteiger charge is 2.20. The lowest BCUT2D eigenvalue weighted by Crippen LogP contribution is -3.05. The smallest absolute Gasteiger partial charge is 0.229 e. The average molecular weight is 387 g/mol. The maximum atomic E-state index is 13.5. The SMILES string of the molecule is C[NH+](C)CCCN(C(=O)CCc1ccccc1)c1nc2ccc(F)cc2s1. The van der Waals surface area contributed by atoms with E-state index in [-0.39, 0.29) is 11.7 Å². The van der Waals surface area contributed by atoms with Crippen molar-refractivity contribution in [1.82, 2.24) is 4.98 Å². The summed E-state index contributed by atoms with van der Waals surface area (Å²) in [5.41, 5.74) is 1.88. The summed E-state index contributed by atoms with van der Waals surface area (Å²) in [6.45, 7) is 1.60. The second-order valence-electron chi connectivity index (χ2n) is 6.95. The topological polar surface area (TPSA) is 37.6 Å². The van der Waals surface area contributed by atoms with Gasteiger partial charge < -0.3 is 4.90 Å². The molecule has 0 unspecified atom stereocenters. The van der Waals surface area contributed by atoms with Gasteiger partial charge in [0.25, 0.3) is 0 Å². The Morgan fingerprint density at radius 2 is 1.96 bits per heavy atom. The summed E-state index contributed by atoms with van der Waals surface area (Å²) < 4.78 is 14.3. The number of halogens is 1. The summed E-state index contributed by atoms with van der Waals surface area (Å²) >= 11 is 1.38. The molecule has 0 saturated carbocycles. The molecular weight excluding hydrogens is 361 g/mol. The Hall–Kier alpha value is -2.31. The number of hydrogen-bond acceptors (Lipinski definition) is 3. The fourth-order valence-corrected chi connectivity index (χ4v) is 3.98. The molecule has 0 aliphatic carbocycles. The number of benzene rings is 2. The van der Waals surface area contributed by atoms with Crippen molar-refractivity contribution in [3.05, 3.63) is 59.9 Å². The summed E-state index contributed by atoms with van der Waals surface area (Å²) in [5.74, 6) is -0.219. The molecule has 0 atom stereocenters. The molecule has 1 amide bonds. The predicted octanol–water partition coefficient (Wildman–Crippen LogP) is 2.94. The van der Waals surface area contributed by atoms with Gasteiger partial charge in [0, 0.05) is 19.4 Å². The predicted molar refractivity (Wildman–Crippen MR) is 109 cm³/mol. The molecule has 1 aromatic heterocycles. The number of amides is 1. The van der Waals surface area contributed by atoms with Crippen LogP contribution in [0.4, 0.5) is 9.52 Å². The average Bonchev–Trinajstić information content (AvgIpc) is 3.06. The molecule has 1 heterocycles. The number of hydrogen-bond donors (Lipinski definition) is 1. The second kappa shape index (κ2) is 9.06. The zero-order valence-corrected chi connectivity index (χ0v) is 16.6. The first-order valence-corrected chi connectivity index (χ1v) is 10.0. The van der Waals surface area contributed by atoms with Gasteiger partial charge in [0.2, 0.25) is 5.91 Å². The number of aryl methyl sites for hydroxylation is 1. The van der Waals surface area contributed by atoms with Crippen LogP contribution in [0.15, 0.2) is 48.5 Å². The Balaban J connectivity index is 1.77. The van der Waals surface area contributed by atoms with Crippen molar-refractivity contribution in [3.63, 3.8) is 0 Å². The van der Waals surface area contributed by atoms with Gasteiger partial charge in [0.1, 0.15) is 5.82 Å². The molecule has 4 nitrogen and oxygen atoms in total. The Morgan fingerprint density at radius 3 is 2.70 bits per heavy atom. The van der Waals surface area contributed by atoms with Crippen LogP contribution >= 0.6 is 11.3 Å². The molecule has 27 heavy (non-hydrogen) atoms. The first-order valence-electron chi connectivity index (χ1n) is 9.22. The van der Waals surface area contributed by atoms with Crippen LogP contribution in [0.25, 0.3) is 10.2 Å². The maximum absolute atomic E-state index is 13.5. The van der Waals surface area contributed by atoms with Gasteiger partial charge in [0.05, 0.1) is 30.9 Å². The number of rotatable bonds is 8. The highest BCUT2D eigenvalue weighted by Crippen LogP contribution is 2.30. The van der Waals surface area contributed by atoms with Gasteiger partial charge in [-0.25, -0.2) is 9.37 Å².